The third-order valence-electron chi connectivity index (χ3n) is 3.62. The minimum atomic E-state index is -1.21. The Hall–Kier alpha value is -1.61. The fourth-order valence-electron chi connectivity index (χ4n) is 2.90. The van der Waals surface area contributed by atoms with Crippen molar-refractivity contribution in [3.8, 4) is 6.07 Å². The van der Waals surface area contributed by atoms with Crippen LogP contribution < -0.4 is 5.73 Å². The lowest BCUT2D eigenvalue weighted by atomic mass is 9.92. The molecule has 0 spiro atoms. The first kappa shape index (κ1) is 9.93. The second-order valence-electron chi connectivity index (χ2n) is 4.20. The van der Waals surface area contributed by atoms with Crippen LogP contribution in [0.5, 0.6) is 0 Å². The highest BCUT2D eigenvalue weighted by atomic mass is 16.4. The molecule has 2 aliphatic carbocycles. The second kappa shape index (κ2) is 2.70. The van der Waals surface area contributed by atoms with E-state index in [1.165, 1.54) is 0 Å². The van der Waals surface area contributed by atoms with Crippen molar-refractivity contribution in [1.29, 1.82) is 5.26 Å². The van der Waals surface area contributed by atoms with Gasteiger partial charge in [-0.15, -0.1) is 0 Å². The number of carbonyl (C=O) groups is 2. The van der Waals surface area contributed by atoms with Gasteiger partial charge in [0.05, 0.1) is 23.8 Å². The predicted octanol–water partition coefficient (Wildman–Crippen LogP) is -0.741. The molecule has 6 heteroatoms. The SMILES string of the molecule is N#CC1CC(C(=O)O)C2(N)C(C(=O)O)C12. The van der Waals surface area contributed by atoms with Gasteiger partial charge in [-0.3, -0.25) is 9.59 Å². The van der Waals surface area contributed by atoms with E-state index in [1.807, 2.05) is 6.07 Å². The molecule has 0 aromatic rings. The zero-order chi connectivity index (χ0) is 11.4. The maximum atomic E-state index is 10.9. The minimum absolute atomic E-state index is 0.163. The molecule has 4 N–H and O–H groups in total. The smallest absolute Gasteiger partial charge is 0.308 e. The first-order chi connectivity index (χ1) is 6.94. The summed E-state index contributed by atoms with van der Waals surface area (Å²) in [6.07, 6.45) is 0.163. The molecular formula is C9H10N2O4. The third kappa shape index (κ3) is 1.01. The number of hydrogen-bond acceptors (Lipinski definition) is 4. The van der Waals surface area contributed by atoms with Crippen LogP contribution in [0.15, 0.2) is 0 Å². The monoisotopic (exact) mass is 210 g/mol. The van der Waals surface area contributed by atoms with Crippen molar-refractivity contribution < 1.29 is 19.8 Å². The highest BCUT2D eigenvalue weighted by Gasteiger charge is 2.77. The summed E-state index contributed by atoms with van der Waals surface area (Å²) in [5.41, 5.74) is 4.59. The van der Waals surface area contributed by atoms with Crippen molar-refractivity contribution in [3.63, 3.8) is 0 Å². The third-order valence-corrected chi connectivity index (χ3v) is 3.62. The van der Waals surface area contributed by atoms with Crippen molar-refractivity contribution in [3.05, 3.63) is 0 Å². The van der Waals surface area contributed by atoms with Crippen LogP contribution in [-0.2, 0) is 9.59 Å². The topological polar surface area (TPSA) is 124 Å². The number of hydrogen-bond donors (Lipinski definition) is 3. The summed E-state index contributed by atoms with van der Waals surface area (Å²) in [5, 5.41) is 26.5. The number of carboxylic acid groups (broad SMARTS) is 2. The van der Waals surface area contributed by atoms with Gasteiger partial charge < -0.3 is 15.9 Å². The highest BCUT2D eigenvalue weighted by molar-refractivity contribution is 5.83. The van der Waals surface area contributed by atoms with E-state index in [0.717, 1.165) is 0 Å². The van der Waals surface area contributed by atoms with E-state index < -0.39 is 41.1 Å². The molecule has 2 rings (SSSR count). The van der Waals surface area contributed by atoms with Crippen molar-refractivity contribution in [2.24, 2.45) is 29.4 Å². The second-order valence-corrected chi connectivity index (χ2v) is 4.20. The molecule has 0 heterocycles. The van der Waals surface area contributed by atoms with Crippen molar-refractivity contribution in [2.45, 2.75) is 12.0 Å². The molecule has 2 saturated carbocycles. The van der Waals surface area contributed by atoms with E-state index in [2.05, 4.69) is 0 Å². The van der Waals surface area contributed by atoms with Crippen LogP contribution in [0.2, 0.25) is 0 Å². The zero-order valence-electron chi connectivity index (χ0n) is 7.75. The minimum Gasteiger partial charge on any atom is -0.481 e. The standard InChI is InChI=1S/C9H10N2O4/c10-2-3-1-4(7(12)13)9(11)5(3)6(9)8(14)15/h3-6H,1,11H2,(H,12,13)(H,14,15). The Balaban J connectivity index is 2.33. The van der Waals surface area contributed by atoms with E-state index in [-0.39, 0.29) is 6.42 Å². The zero-order valence-corrected chi connectivity index (χ0v) is 7.75. The van der Waals surface area contributed by atoms with Crippen LogP contribution >= 0.6 is 0 Å². The molecule has 0 amide bonds. The Labute approximate surface area is 85.3 Å². The van der Waals surface area contributed by atoms with Crippen LogP contribution in [-0.4, -0.2) is 27.7 Å². The molecule has 2 aliphatic rings. The maximum absolute atomic E-state index is 10.9. The fraction of sp³-hybridized carbons (Fsp3) is 0.667. The van der Waals surface area contributed by atoms with Crippen molar-refractivity contribution in [1.82, 2.24) is 0 Å². The molecule has 2 fully saturated rings. The molecule has 80 valence electrons. The van der Waals surface area contributed by atoms with Gasteiger partial charge in [0.2, 0.25) is 0 Å². The summed E-state index contributed by atoms with van der Waals surface area (Å²) in [5.74, 6) is -5.04. The van der Waals surface area contributed by atoms with Crippen LogP contribution in [0.3, 0.4) is 0 Å². The lowest BCUT2D eigenvalue weighted by Crippen LogP contribution is -2.39. The molecular weight excluding hydrogens is 200 g/mol. The molecule has 5 unspecified atom stereocenters. The first-order valence-electron chi connectivity index (χ1n) is 4.58. The molecule has 0 radical (unpaired) electrons. The number of nitrogens with two attached hydrogens (primary N) is 1. The summed E-state index contributed by atoms with van der Waals surface area (Å²) in [6.45, 7) is 0. The molecule has 0 bridgehead atoms. The number of fused-ring (bicyclic) bond motifs is 1. The number of aliphatic carboxylic acids is 2. The van der Waals surface area contributed by atoms with Gasteiger partial charge in [-0.25, -0.2) is 0 Å². The molecule has 0 aromatic heterocycles. The van der Waals surface area contributed by atoms with Gasteiger partial charge in [-0.05, 0) is 6.42 Å². The van der Waals surface area contributed by atoms with Gasteiger partial charge in [0, 0.05) is 11.5 Å². The summed E-state index contributed by atoms with van der Waals surface area (Å²) in [6, 6.07) is 1.94. The van der Waals surface area contributed by atoms with E-state index in [1.54, 1.807) is 0 Å². The molecule has 0 saturated heterocycles. The Kier molecular flexibility index (Phi) is 1.79. The lowest BCUT2D eigenvalue weighted by Gasteiger charge is -2.15. The number of carboxylic acids is 2. The Morgan fingerprint density at radius 2 is 2.00 bits per heavy atom. The average Bonchev–Trinajstić information content (AvgIpc) is 2.64. The Morgan fingerprint density at radius 3 is 2.40 bits per heavy atom. The summed E-state index contributed by atoms with van der Waals surface area (Å²) in [4.78, 5) is 21.7. The Bertz CT molecular complexity index is 388. The fourth-order valence-corrected chi connectivity index (χ4v) is 2.90. The largest absolute Gasteiger partial charge is 0.481 e. The highest BCUT2D eigenvalue weighted by Crippen LogP contribution is 2.64. The quantitative estimate of drug-likeness (QED) is 0.551. The molecule has 0 aliphatic heterocycles. The average molecular weight is 210 g/mol. The number of nitriles is 1. The number of nitrogens with zero attached hydrogens (tertiary/aromatic N) is 1. The number of rotatable bonds is 2. The van der Waals surface area contributed by atoms with Gasteiger partial charge in [-0.2, -0.15) is 5.26 Å². The van der Waals surface area contributed by atoms with Crippen molar-refractivity contribution in [2.75, 3.05) is 0 Å². The van der Waals surface area contributed by atoms with Gasteiger partial charge in [0.25, 0.3) is 0 Å². The maximum Gasteiger partial charge on any atom is 0.308 e. The van der Waals surface area contributed by atoms with Gasteiger partial charge >= 0.3 is 11.9 Å². The van der Waals surface area contributed by atoms with Crippen LogP contribution in [0.4, 0.5) is 0 Å². The molecule has 15 heavy (non-hydrogen) atoms. The molecule has 6 nitrogen and oxygen atoms in total. The van der Waals surface area contributed by atoms with Crippen molar-refractivity contribution >= 4 is 11.9 Å². The predicted molar refractivity (Wildman–Crippen MR) is 46.4 cm³/mol. The molecule has 0 aromatic carbocycles. The summed E-state index contributed by atoms with van der Waals surface area (Å²) in [7, 11) is 0. The normalized spacial score (nSPS) is 46.7. The summed E-state index contributed by atoms with van der Waals surface area (Å²) < 4.78 is 0. The van der Waals surface area contributed by atoms with Crippen LogP contribution in [0.1, 0.15) is 6.42 Å². The molecule has 5 atom stereocenters. The van der Waals surface area contributed by atoms with Crippen LogP contribution in [0, 0.1) is 35.0 Å². The van der Waals surface area contributed by atoms with E-state index in [4.69, 9.17) is 21.2 Å². The van der Waals surface area contributed by atoms with E-state index in [9.17, 15) is 9.59 Å². The van der Waals surface area contributed by atoms with Gasteiger partial charge in [-0.1, -0.05) is 0 Å². The Morgan fingerprint density at radius 1 is 1.40 bits per heavy atom. The summed E-state index contributed by atoms with van der Waals surface area (Å²) >= 11 is 0. The van der Waals surface area contributed by atoms with Gasteiger partial charge in [0.15, 0.2) is 0 Å². The van der Waals surface area contributed by atoms with E-state index in [0.29, 0.717) is 0 Å². The van der Waals surface area contributed by atoms with E-state index >= 15 is 0 Å². The first-order valence-corrected chi connectivity index (χ1v) is 4.58. The van der Waals surface area contributed by atoms with Crippen LogP contribution in [0.25, 0.3) is 0 Å². The van der Waals surface area contributed by atoms with Gasteiger partial charge in [0.1, 0.15) is 0 Å². The lowest BCUT2D eigenvalue weighted by molar-refractivity contribution is -0.144.